The Morgan fingerprint density at radius 1 is 1.28 bits per heavy atom. The molecule has 0 spiro atoms. The van der Waals surface area contributed by atoms with Crippen molar-refractivity contribution >= 4 is 17.6 Å². The summed E-state index contributed by atoms with van der Waals surface area (Å²) in [6, 6.07) is 5.72. The van der Waals surface area contributed by atoms with E-state index in [2.05, 4.69) is 16.0 Å². The van der Waals surface area contributed by atoms with Gasteiger partial charge in [0, 0.05) is 7.05 Å². The van der Waals surface area contributed by atoms with Gasteiger partial charge in [-0.15, -0.1) is 0 Å². The molecule has 98 valence electrons. The summed E-state index contributed by atoms with van der Waals surface area (Å²) in [5, 5.41) is 23.2. The van der Waals surface area contributed by atoms with Crippen LogP contribution in [0.1, 0.15) is 12.5 Å². The Kier molecular flexibility index (Phi) is 4.98. The van der Waals surface area contributed by atoms with E-state index in [0.717, 1.165) is 17.7 Å². The Morgan fingerprint density at radius 2 is 2.00 bits per heavy atom. The van der Waals surface area contributed by atoms with Crippen LogP contribution < -0.4 is 20.7 Å². The number of rotatable bonds is 3. The number of benzene rings is 1. The van der Waals surface area contributed by atoms with Crippen molar-refractivity contribution in [3.63, 3.8) is 0 Å². The molecule has 0 radical (unpaired) electrons. The lowest BCUT2D eigenvalue weighted by Gasteiger charge is -2.16. The topological polar surface area (TPSA) is 93.0 Å². The van der Waals surface area contributed by atoms with E-state index < -0.39 is 0 Å². The van der Waals surface area contributed by atoms with Gasteiger partial charge in [0.1, 0.15) is 5.75 Å². The molecule has 1 rings (SSSR count). The van der Waals surface area contributed by atoms with Crippen molar-refractivity contribution in [2.75, 3.05) is 19.5 Å². The van der Waals surface area contributed by atoms with E-state index in [-0.39, 0.29) is 11.9 Å². The molecule has 0 aromatic heterocycles. The lowest BCUT2D eigenvalue weighted by molar-refractivity contribution is 0.416. The van der Waals surface area contributed by atoms with Crippen molar-refractivity contribution in [2.45, 2.75) is 13.3 Å². The van der Waals surface area contributed by atoms with Gasteiger partial charge in [0.2, 0.25) is 0 Å². The minimum atomic E-state index is 0.0218. The molecule has 0 saturated carbocycles. The molecule has 18 heavy (non-hydrogen) atoms. The summed E-state index contributed by atoms with van der Waals surface area (Å²) >= 11 is 0. The van der Waals surface area contributed by atoms with E-state index in [0.29, 0.717) is 5.75 Å². The van der Waals surface area contributed by atoms with Crippen LogP contribution in [0.3, 0.4) is 0 Å². The predicted molar refractivity (Wildman–Crippen MR) is 73.6 cm³/mol. The summed E-state index contributed by atoms with van der Waals surface area (Å²) in [6.45, 7) is 2.03. The average molecular weight is 249 g/mol. The second kappa shape index (κ2) is 6.48. The number of guanidine groups is 2. The summed E-state index contributed by atoms with van der Waals surface area (Å²) in [7, 11) is 3.20. The molecule has 6 heteroatoms. The first kappa shape index (κ1) is 13.8. The minimum absolute atomic E-state index is 0.0218. The molecule has 0 aliphatic carbocycles. The summed E-state index contributed by atoms with van der Waals surface area (Å²) < 4.78 is 5.26. The predicted octanol–water partition coefficient (Wildman–Crippen LogP) is 1.35. The minimum Gasteiger partial charge on any atom is -0.495 e. The Balaban J connectivity index is 2.88. The maximum Gasteiger partial charge on any atom is 0.199 e. The number of aryl methyl sites for hydroxylation is 1. The number of methoxy groups -OCH3 is 1. The van der Waals surface area contributed by atoms with Crippen molar-refractivity contribution in [1.29, 1.82) is 10.8 Å². The van der Waals surface area contributed by atoms with Crippen LogP contribution in [0.4, 0.5) is 5.69 Å². The first-order chi connectivity index (χ1) is 8.62. The van der Waals surface area contributed by atoms with E-state index >= 15 is 0 Å². The third-order valence-corrected chi connectivity index (χ3v) is 2.46. The Bertz CT molecular complexity index is 422. The quantitative estimate of drug-likeness (QED) is 0.413. The van der Waals surface area contributed by atoms with Crippen molar-refractivity contribution in [2.24, 2.45) is 0 Å². The fourth-order valence-electron chi connectivity index (χ4n) is 1.53. The summed E-state index contributed by atoms with van der Waals surface area (Å²) in [5.41, 5.74) is 1.81. The number of ether oxygens (including phenoxy) is 1. The van der Waals surface area contributed by atoms with Gasteiger partial charge in [-0.1, -0.05) is 19.1 Å². The number of hydrogen-bond acceptors (Lipinski definition) is 3. The van der Waals surface area contributed by atoms with Crippen LogP contribution in [0, 0.1) is 10.8 Å². The lowest BCUT2D eigenvalue weighted by Crippen LogP contribution is -2.41. The first-order valence-corrected chi connectivity index (χ1v) is 5.67. The molecule has 1 aromatic rings. The molecule has 0 unspecified atom stereocenters. The molecular formula is C12H19N5O. The monoisotopic (exact) mass is 249 g/mol. The number of hydrogen-bond donors (Lipinski definition) is 5. The highest BCUT2D eigenvalue weighted by Gasteiger charge is 2.09. The third-order valence-electron chi connectivity index (χ3n) is 2.46. The molecule has 0 atom stereocenters. The van der Waals surface area contributed by atoms with Gasteiger partial charge in [-0.25, -0.2) is 0 Å². The number of para-hydroxylation sites is 1. The average Bonchev–Trinajstić information content (AvgIpc) is 2.38. The molecular weight excluding hydrogens is 230 g/mol. The van der Waals surface area contributed by atoms with Crippen LogP contribution in [0.15, 0.2) is 18.2 Å². The molecule has 0 heterocycles. The highest BCUT2D eigenvalue weighted by molar-refractivity contribution is 6.03. The van der Waals surface area contributed by atoms with Gasteiger partial charge in [0.05, 0.1) is 12.8 Å². The van der Waals surface area contributed by atoms with E-state index in [4.69, 9.17) is 15.6 Å². The van der Waals surface area contributed by atoms with Crippen molar-refractivity contribution in [3.05, 3.63) is 23.8 Å². The van der Waals surface area contributed by atoms with Crippen LogP contribution >= 0.6 is 0 Å². The van der Waals surface area contributed by atoms with Gasteiger partial charge in [0.15, 0.2) is 11.9 Å². The van der Waals surface area contributed by atoms with Gasteiger partial charge < -0.3 is 15.4 Å². The standard InChI is InChI=1S/C12H19N5O/c1-4-8-6-5-7-9(18-3)10(8)16-12(14)17-11(13)15-2/h5-7H,4H2,1-3H3,(H5,13,14,15,16,17). The summed E-state index contributed by atoms with van der Waals surface area (Å²) in [4.78, 5) is 0. The fraction of sp³-hybridized carbons (Fsp3) is 0.333. The normalized spacial score (nSPS) is 9.50. The van der Waals surface area contributed by atoms with Crippen LogP contribution in [-0.2, 0) is 6.42 Å². The smallest absolute Gasteiger partial charge is 0.199 e. The van der Waals surface area contributed by atoms with Crippen molar-refractivity contribution in [3.8, 4) is 5.75 Å². The molecule has 6 nitrogen and oxygen atoms in total. The van der Waals surface area contributed by atoms with Crippen LogP contribution in [-0.4, -0.2) is 26.1 Å². The third kappa shape index (κ3) is 3.38. The lowest BCUT2D eigenvalue weighted by atomic mass is 10.1. The highest BCUT2D eigenvalue weighted by Crippen LogP contribution is 2.28. The van der Waals surface area contributed by atoms with Gasteiger partial charge >= 0.3 is 0 Å². The SMILES string of the molecule is CCc1cccc(OC)c1NC(=N)NC(=N)NC. The van der Waals surface area contributed by atoms with Crippen LogP contribution in [0.5, 0.6) is 5.75 Å². The molecule has 0 aliphatic rings. The van der Waals surface area contributed by atoms with Crippen molar-refractivity contribution in [1.82, 2.24) is 10.6 Å². The molecule has 0 fully saturated rings. The second-order valence-electron chi connectivity index (χ2n) is 3.60. The summed E-state index contributed by atoms with van der Waals surface area (Å²) in [5.74, 6) is 0.755. The largest absolute Gasteiger partial charge is 0.495 e. The maximum atomic E-state index is 7.74. The Morgan fingerprint density at radius 3 is 2.56 bits per heavy atom. The summed E-state index contributed by atoms with van der Waals surface area (Å²) in [6.07, 6.45) is 0.830. The van der Waals surface area contributed by atoms with Crippen molar-refractivity contribution < 1.29 is 4.74 Å². The van der Waals surface area contributed by atoms with Crippen LogP contribution in [0.25, 0.3) is 0 Å². The molecule has 0 saturated heterocycles. The zero-order valence-corrected chi connectivity index (χ0v) is 10.8. The zero-order valence-electron chi connectivity index (χ0n) is 10.8. The number of nitrogens with one attached hydrogen (secondary N) is 5. The molecule has 1 aromatic carbocycles. The van der Waals surface area contributed by atoms with Gasteiger partial charge in [-0.2, -0.15) is 0 Å². The van der Waals surface area contributed by atoms with E-state index in [1.807, 2.05) is 25.1 Å². The Labute approximate surface area is 107 Å². The van der Waals surface area contributed by atoms with E-state index in [1.165, 1.54) is 0 Å². The molecule has 5 N–H and O–H groups in total. The van der Waals surface area contributed by atoms with Gasteiger partial charge in [-0.3, -0.25) is 16.1 Å². The first-order valence-electron chi connectivity index (χ1n) is 5.67. The van der Waals surface area contributed by atoms with E-state index in [9.17, 15) is 0 Å². The second-order valence-corrected chi connectivity index (χ2v) is 3.60. The van der Waals surface area contributed by atoms with Gasteiger partial charge in [0.25, 0.3) is 0 Å². The number of anilines is 1. The fourth-order valence-corrected chi connectivity index (χ4v) is 1.53. The van der Waals surface area contributed by atoms with E-state index in [1.54, 1.807) is 14.2 Å². The zero-order chi connectivity index (χ0) is 13.5. The Hall–Kier alpha value is -2.24. The molecule has 0 bridgehead atoms. The maximum absolute atomic E-state index is 7.74. The van der Waals surface area contributed by atoms with Crippen LogP contribution in [0.2, 0.25) is 0 Å². The molecule has 0 aliphatic heterocycles. The molecule has 0 amide bonds. The van der Waals surface area contributed by atoms with Gasteiger partial charge in [-0.05, 0) is 18.1 Å². The highest BCUT2D eigenvalue weighted by atomic mass is 16.5.